The standard InChI is InChI=1S/C16H20N2O/c1-16(2,3)13-7-5-12(6-8-13)11-15(19)14-9-10-18(4)17-14/h5-10H,11H2,1-4H3. The van der Waals surface area contributed by atoms with Gasteiger partial charge in [-0.25, -0.2) is 0 Å². The van der Waals surface area contributed by atoms with E-state index in [-0.39, 0.29) is 11.2 Å². The molecule has 0 amide bonds. The third kappa shape index (κ3) is 3.31. The highest BCUT2D eigenvalue weighted by Crippen LogP contribution is 2.22. The highest BCUT2D eigenvalue weighted by atomic mass is 16.1. The van der Waals surface area contributed by atoms with Crippen molar-refractivity contribution in [2.24, 2.45) is 7.05 Å². The molecule has 0 atom stereocenters. The van der Waals surface area contributed by atoms with E-state index in [1.807, 2.05) is 19.2 Å². The van der Waals surface area contributed by atoms with Crippen molar-refractivity contribution in [1.29, 1.82) is 0 Å². The third-order valence-electron chi connectivity index (χ3n) is 3.18. The van der Waals surface area contributed by atoms with Crippen molar-refractivity contribution in [3.8, 4) is 0 Å². The largest absolute Gasteiger partial charge is 0.292 e. The zero-order valence-corrected chi connectivity index (χ0v) is 12.0. The normalized spacial score (nSPS) is 11.6. The fourth-order valence-corrected chi connectivity index (χ4v) is 1.96. The van der Waals surface area contributed by atoms with Gasteiger partial charge in [0.2, 0.25) is 0 Å². The molecule has 0 aliphatic heterocycles. The summed E-state index contributed by atoms with van der Waals surface area (Å²) in [4.78, 5) is 12.0. The molecule has 1 aromatic carbocycles. The van der Waals surface area contributed by atoms with E-state index in [0.29, 0.717) is 12.1 Å². The number of nitrogens with zero attached hydrogens (tertiary/aromatic N) is 2. The second kappa shape index (κ2) is 5.00. The number of carbonyl (C=O) groups excluding carboxylic acids is 1. The van der Waals surface area contributed by atoms with Gasteiger partial charge >= 0.3 is 0 Å². The molecule has 0 aliphatic carbocycles. The Morgan fingerprint density at radius 2 is 1.79 bits per heavy atom. The van der Waals surface area contributed by atoms with Crippen LogP contribution in [-0.4, -0.2) is 15.6 Å². The Hall–Kier alpha value is -1.90. The smallest absolute Gasteiger partial charge is 0.187 e. The summed E-state index contributed by atoms with van der Waals surface area (Å²) in [5.74, 6) is 0.0594. The summed E-state index contributed by atoms with van der Waals surface area (Å²) >= 11 is 0. The van der Waals surface area contributed by atoms with Crippen molar-refractivity contribution in [1.82, 2.24) is 9.78 Å². The lowest BCUT2D eigenvalue weighted by Gasteiger charge is -2.19. The molecule has 0 radical (unpaired) electrons. The number of hydrogen-bond donors (Lipinski definition) is 0. The van der Waals surface area contributed by atoms with E-state index >= 15 is 0 Å². The molecule has 1 heterocycles. The first-order chi connectivity index (χ1) is 8.86. The minimum absolute atomic E-state index is 0.0594. The van der Waals surface area contributed by atoms with Crippen molar-refractivity contribution in [2.75, 3.05) is 0 Å². The van der Waals surface area contributed by atoms with Crippen LogP contribution in [0.25, 0.3) is 0 Å². The first-order valence-corrected chi connectivity index (χ1v) is 6.48. The van der Waals surface area contributed by atoms with Crippen molar-refractivity contribution >= 4 is 5.78 Å². The predicted octanol–water partition coefficient (Wildman–Crippen LogP) is 3.14. The van der Waals surface area contributed by atoms with Crippen LogP contribution in [0.5, 0.6) is 0 Å². The quantitative estimate of drug-likeness (QED) is 0.791. The molecule has 0 fully saturated rings. The molecule has 0 unspecified atom stereocenters. The first kappa shape index (κ1) is 13.5. The van der Waals surface area contributed by atoms with Crippen LogP contribution in [0.15, 0.2) is 36.5 Å². The maximum Gasteiger partial charge on any atom is 0.187 e. The molecule has 0 saturated carbocycles. The van der Waals surface area contributed by atoms with Gasteiger partial charge in [0.15, 0.2) is 5.78 Å². The zero-order valence-electron chi connectivity index (χ0n) is 12.0. The number of aromatic nitrogens is 2. The molecule has 100 valence electrons. The van der Waals surface area contributed by atoms with E-state index in [0.717, 1.165) is 5.56 Å². The minimum atomic E-state index is 0.0594. The van der Waals surface area contributed by atoms with Gasteiger partial charge in [-0.3, -0.25) is 9.48 Å². The Balaban J connectivity index is 2.10. The monoisotopic (exact) mass is 256 g/mol. The first-order valence-electron chi connectivity index (χ1n) is 6.48. The van der Waals surface area contributed by atoms with Gasteiger partial charge in [-0.15, -0.1) is 0 Å². The molecule has 3 nitrogen and oxygen atoms in total. The number of ketones is 1. The lowest BCUT2D eigenvalue weighted by Crippen LogP contribution is -2.11. The molecule has 19 heavy (non-hydrogen) atoms. The molecule has 0 saturated heterocycles. The Labute approximate surface area is 114 Å². The van der Waals surface area contributed by atoms with E-state index in [1.54, 1.807) is 16.9 Å². The molecule has 2 rings (SSSR count). The number of hydrogen-bond acceptors (Lipinski definition) is 2. The van der Waals surface area contributed by atoms with Gasteiger partial charge in [0.05, 0.1) is 0 Å². The predicted molar refractivity (Wildman–Crippen MR) is 76.4 cm³/mol. The highest BCUT2D eigenvalue weighted by molar-refractivity contribution is 5.95. The topological polar surface area (TPSA) is 34.9 Å². The van der Waals surface area contributed by atoms with E-state index in [2.05, 4.69) is 38.0 Å². The summed E-state index contributed by atoms with van der Waals surface area (Å²) < 4.78 is 1.65. The summed E-state index contributed by atoms with van der Waals surface area (Å²) in [6, 6.07) is 10.0. The molecule has 0 N–H and O–H groups in total. The van der Waals surface area contributed by atoms with E-state index in [4.69, 9.17) is 0 Å². The van der Waals surface area contributed by atoms with Crippen LogP contribution < -0.4 is 0 Å². The molecule has 0 aliphatic rings. The molecular weight excluding hydrogens is 236 g/mol. The van der Waals surface area contributed by atoms with Gasteiger partial charge in [-0.1, -0.05) is 45.0 Å². The van der Waals surface area contributed by atoms with Crippen molar-refractivity contribution < 1.29 is 4.79 Å². The number of rotatable bonds is 3. The van der Waals surface area contributed by atoms with Gasteiger partial charge in [0.1, 0.15) is 5.69 Å². The molecular formula is C16H20N2O. The zero-order chi connectivity index (χ0) is 14.0. The average Bonchev–Trinajstić information content (AvgIpc) is 2.75. The van der Waals surface area contributed by atoms with Crippen LogP contribution >= 0.6 is 0 Å². The fourth-order valence-electron chi connectivity index (χ4n) is 1.96. The SMILES string of the molecule is Cn1ccc(C(=O)Cc2ccc(C(C)(C)C)cc2)n1. The van der Waals surface area contributed by atoms with Crippen LogP contribution in [0.3, 0.4) is 0 Å². The molecule has 3 heteroatoms. The van der Waals surface area contributed by atoms with E-state index < -0.39 is 0 Å². The average molecular weight is 256 g/mol. The third-order valence-corrected chi connectivity index (χ3v) is 3.18. The Morgan fingerprint density at radius 3 is 2.26 bits per heavy atom. The van der Waals surface area contributed by atoms with Gasteiger partial charge in [-0.05, 0) is 22.6 Å². The lowest BCUT2D eigenvalue weighted by molar-refractivity contribution is 0.0987. The second-order valence-corrected chi connectivity index (χ2v) is 5.92. The summed E-state index contributed by atoms with van der Waals surface area (Å²) in [6.45, 7) is 6.54. The molecule has 0 bridgehead atoms. The van der Waals surface area contributed by atoms with Crippen LogP contribution in [-0.2, 0) is 18.9 Å². The molecule has 1 aromatic heterocycles. The van der Waals surface area contributed by atoms with Crippen LogP contribution in [0.4, 0.5) is 0 Å². The van der Waals surface area contributed by atoms with Crippen molar-refractivity contribution in [3.05, 3.63) is 53.3 Å². The van der Waals surface area contributed by atoms with Crippen LogP contribution in [0.2, 0.25) is 0 Å². The van der Waals surface area contributed by atoms with Gasteiger partial charge in [0, 0.05) is 19.7 Å². The summed E-state index contributed by atoms with van der Waals surface area (Å²) in [6.07, 6.45) is 2.19. The summed E-state index contributed by atoms with van der Waals surface area (Å²) in [5, 5.41) is 4.13. The van der Waals surface area contributed by atoms with Gasteiger partial charge in [0.25, 0.3) is 0 Å². The maximum absolute atomic E-state index is 12.0. The van der Waals surface area contributed by atoms with E-state index in [9.17, 15) is 4.79 Å². The Kier molecular flexibility index (Phi) is 3.56. The van der Waals surface area contributed by atoms with Gasteiger partial charge < -0.3 is 0 Å². The molecule has 0 spiro atoms. The van der Waals surface area contributed by atoms with Crippen LogP contribution in [0, 0.1) is 0 Å². The summed E-state index contributed by atoms with van der Waals surface area (Å²) in [5.41, 5.74) is 2.98. The fraction of sp³-hybridized carbons (Fsp3) is 0.375. The van der Waals surface area contributed by atoms with Crippen molar-refractivity contribution in [2.45, 2.75) is 32.6 Å². The summed E-state index contributed by atoms with van der Waals surface area (Å²) in [7, 11) is 1.81. The minimum Gasteiger partial charge on any atom is -0.292 e. The Morgan fingerprint density at radius 1 is 1.16 bits per heavy atom. The number of benzene rings is 1. The number of Topliss-reactive ketones (excluding diaryl/α,β-unsaturated/α-hetero) is 1. The molecule has 2 aromatic rings. The van der Waals surface area contributed by atoms with Gasteiger partial charge in [-0.2, -0.15) is 5.10 Å². The van der Waals surface area contributed by atoms with Crippen molar-refractivity contribution in [3.63, 3.8) is 0 Å². The Bertz CT molecular complexity index is 574. The highest BCUT2D eigenvalue weighted by Gasteiger charge is 2.14. The maximum atomic E-state index is 12.0. The second-order valence-electron chi connectivity index (χ2n) is 5.92. The van der Waals surface area contributed by atoms with Crippen LogP contribution in [0.1, 0.15) is 42.4 Å². The van der Waals surface area contributed by atoms with E-state index in [1.165, 1.54) is 5.56 Å². The number of carbonyl (C=O) groups is 1. The number of aryl methyl sites for hydroxylation is 1. The lowest BCUT2D eigenvalue weighted by atomic mass is 9.86.